The van der Waals surface area contributed by atoms with Gasteiger partial charge in [-0.3, -0.25) is 0 Å². The zero-order chi connectivity index (χ0) is 19.8. The van der Waals surface area contributed by atoms with Gasteiger partial charge >= 0.3 is 6.09 Å². The molecule has 0 saturated heterocycles. The molecule has 2 aliphatic heterocycles. The average molecular weight is 375 g/mol. The van der Waals surface area contributed by atoms with Crippen molar-refractivity contribution in [1.29, 1.82) is 0 Å². The van der Waals surface area contributed by atoms with Gasteiger partial charge in [-0.05, 0) is 69.2 Å². The summed E-state index contributed by atoms with van der Waals surface area (Å²) in [5, 5.41) is 0. The highest BCUT2D eigenvalue weighted by Crippen LogP contribution is 2.42. The predicted octanol–water partition coefficient (Wildman–Crippen LogP) is 4.50. The molecule has 150 valence electrons. The quantitative estimate of drug-likeness (QED) is 0.764. The molecule has 0 N–H and O–H groups in total. The topological polar surface area (TPSA) is 42.0 Å². The van der Waals surface area contributed by atoms with E-state index in [9.17, 15) is 4.79 Å². The molecule has 5 heteroatoms. The largest absolute Gasteiger partial charge is 0.490 e. The van der Waals surface area contributed by atoms with Crippen molar-refractivity contribution in [3.8, 4) is 5.75 Å². The van der Waals surface area contributed by atoms with Crippen molar-refractivity contribution >= 4 is 11.8 Å². The Bertz CT molecular complexity index is 708. The Morgan fingerprint density at radius 1 is 1.33 bits per heavy atom. The summed E-state index contributed by atoms with van der Waals surface area (Å²) in [6.07, 6.45) is 1.77. The van der Waals surface area contributed by atoms with Crippen LogP contribution in [0.3, 0.4) is 0 Å². The minimum atomic E-state index is -0.469. The van der Waals surface area contributed by atoms with Crippen molar-refractivity contribution < 1.29 is 14.3 Å². The third-order valence-corrected chi connectivity index (χ3v) is 5.41. The van der Waals surface area contributed by atoms with Gasteiger partial charge in [0.25, 0.3) is 0 Å². The Hall–Kier alpha value is -1.91. The van der Waals surface area contributed by atoms with Crippen molar-refractivity contribution in [3.05, 3.63) is 22.8 Å². The van der Waals surface area contributed by atoms with Crippen LogP contribution in [-0.2, 0) is 11.2 Å². The number of carbonyl (C=O) groups is 1. The van der Waals surface area contributed by atoms with Crippen molar-refractivity contribution in [3.63, 3.8) is 0 Å². The average Bonchev–Trinajstić information content (AvgIpc) is 2.74. The molecule has 0 spiro atoms. The highest BCUT2D eigenvalue weighted by molar-refractivity contribution is 5.71. The van der Waals surface area contributed by atoms with Gasteiger partial charge in [-0.1, -0.05) is 13.8 Å². The van der Waals surface area contributed by atoms with Crippen LogP contribution in [0.25, 0.3) is 0 Å². The van der Waals surface area contributed by atoms with E-state index in [0.29, 0.717) is 13.1 Å². The molecule has 1 aromatic carbocycles. The molecule has 0 aromatic heterocycles. The lowest BCUT2D eigenvalue weighted by atomic mass is 9.90. The molecule has 0 radical (unpaired) electrons. The Morgan fingerprint density at radius 2 is 2.07 bits per heavy atom. The van der Waals surface area contributed by atoms with Gasteiger partial charge in [-0.2, -0.15) is 0 Å². The standard InChI is InChI=1S/C22H34N2O3/c1-7-9-23-11-12-26-19-13-18-15(2)14-24(21(25)27-22(4,5)6)10-8-17(18)16(3)20(19)23/h13,15H,7-12,14H2,1-6H3. The zero-order valence-electron chi connectivity index (χ0n) is 17.7. The number of rotatable bonds is 2. The lowest BCUT2D eigenvalue weighted by molar-refractivity contribution is 0.0248. The predicted molar refractivity (Wildman–Crippen MR) is 109 cm³/mol. The fourth-order valence-corrected chi connectivity index (χ4v) is 4.25. The second-order valence-electron chi connectivity index (χ2n) is 8.83. The molecular formula is C22H34N2O3. The molecule has 3 rings (SSSR count). The molecule has 1 aromatic rings. The molecule has 1 atom stereocenters. The zero-order valence-corrected chi connectivity index (χ0v) is 17.7. The summed E-state index contributed by atoms with van der Waals surface area (Å²) in [6.45, 7) is 16.5. The van der Waals surface area contributed by atoms with E-state index in [-0.39, 0.29) is 12.0 Å². The van der Waals surface area contributed by atoms with E-state index in [0.717, 1.165) is 38.3 Å². The number of nitrogens with zero attached hydrogens (tertiary/aromatic N) is 2. The molecule has 5 nitrogen and oxygen atoms in total. The SMILES string of the molecule is CCCN1CCOc2cc3c(c(C)c21)CCN(C(=O)OC(C)(C)C)CC3C. The molecule has 27 heavy (non-hydrogen) atoms. The summed E-state index contributed by atoms with van der Waals surface area (Å²) in [7, 11) is 0. The fraction of sp³-hybridized carbons (Fsp3) is 0.682. The van der Waals surface area contributed by atoms with Crippen molar-refractivity contribution in [2.45, 2.75) is 65.9 Å². The van der Waals surface area contributed by atoms with E-state index in [2.05, 4.69) is 31.7 Å². The molecule has 2 aliphatic rings. The van der Waals surface area contributed by atoms with E-state index in [1.54, 1.807) is 0 Å². The van der Waals surface area contributed by atoms with Gasteiger partial charge in [0, 0.05) is 19.6 Å². The lowest BCUT2D eigenvalue weighted by Gasteiger charge is -2.34. The Kier molecular flexibility index (Phi) is 5.59. The Labute approximate surface area is 163 Å². The molecule has 1 unspecified atom stereocenters. The highest BCUT2D eigenvalue weighted by Gasteiger charge is 2.31. The maximum atomic E-state index is 12.6. The van der Waals surface area contributed by atoms with E-state index in [1.807, 2.05) is 25.7 Å². The minimum absolute atomic E-state index is 0.214. The monoisotopic (exact) mass is 374 g/mol. The van der Waals surface area contributed by atoms with Crippen molar-refractivity contribution in [1.82, 2.24) is 4.90 Å². The summed E-state index contributed by atoms with van der Waals surface area (Å²) in [5.74, 6) is 1.26. The second-order valence-corrected chi connectivity index (χ2v) is 8.83. The number of benzene rings is 1. The van der Waals surface area contributed by atoms with Gasteiger partial charge in [-0.15, -0.1) is 0 Å². The van der Waals surface area contributed by atoms with Crippen LogP contribution >= 0.6 is 0 Å². The van der Waals surface area contributed by atoms with Crippen molar-refractivity contribution in [2.75, 3.05) is 37.7 Å². The number of fused-ring (bicyclic) bond motifs is 2. The van der Waals surface area contributed by atoms with Gasteiger partial charge < -0.3 is 19.3 Å². The first-order valence-corrected chi connectivity index (χ1v) is 10.2. The molecule has 0 fully saturated rings. The normalized spacial score (nSPS) is 19.7. The number of anilines is 1. The number of hydrogen-bond acceptors (Lipinski definition) is 4. The summed E-state index contributed by atoms with van der Waals surface area (Å²) < 4.78 is 11.6. The molecular weight excluding hydrogens is 340 g/mol. The van der Waals surface area contributed by atoms with Gasteiger partial charge in [-0.25, -0.2) is 4.79 Å². The smallest absolute Gasteiger partial charge is 0.410 e. The van der Waals surface area contributed by atoms with E-state index in [1.165, 1.54) is 22.4 Å². The summed E-state index contributed by atoms with van der Waals surface area (Å²) in [4.78, 5) is 16.9. The Balaban J connectivity index is 1.91. The fourth-order valence-electron chi connectivity index (χ4n) is 4.25. The first kappa shape index (κ1) is 19.8. The maximum Gasteiger partial charge on any atom is 0.410 e. The lowest BCUT2D eigenvalue weighted by Crippen LogP contribution is -2.38. The van der Waals surface area contributed by atoms with E-state index >= 15 is 0 Å². The van der Waals surface area contributed by atoms with Crippen LogP contribution in [0.5, 0.6) is 5.75 Å². The molecule has 0 aliphatic carbocycles. The van der Waals surface area contributed by atoms with Crippen LogP contribution in [0.1, 0.15) is 63.6 Å². The van der Waals surface area contributed by atoms with Crippen LogP contribution < -0.4 is 9.64 Å². The molecule has 2 heterocycles. The van der Waals surface area contributed by atoms with Crippen LogP contribution in [0.4, 0.5) is 10.5 Å². The summed E-state index contributed by atoms with van der Waals surface area (Å²) in [5.41, 5.74) is 4.78. The minimum Gasteiger partial charge on any atom is -0.490 e. The van der Waals surface area contributed by atoms with Gasteiger partial charge in [0.1, 0.15) is 18.0 Å². The number of amides is 1. The van der Waals surface area contributed by atoms with Crippen LogP contribution in [0, 0.1) is 6.92 Å². The van der Waals surface area contributed by atoms with E-state index < -0.39 is 5.60 Å². The summed E-state index contributed by atoms with van der Waals surface area (Å²) >= 11 is 0. The molecule has 0 saturated carbocycles. The third-order valence-electron chi connectivity index (χ3n) is 5.41. The number of hydrogen-bond donors (Lipinski definition) is 0. The van der Waals surface area contributed by atoms with Gasteiger partial charge in [0.2, 0.25) is 0 Å². The molecule has 1 amide bonds. The maximum absolute atomic E-state index is 12.6. The summed E-state index contributed by atoms with van der Waals surface area (Å²) in [6, 6.07) is 2.22. The molecule has 0 bridgehead atoms. The van der Waals surface area contributed by atoms with Crippen molar-refractivity contribution in [2.24, 2.45) is 0 Å². The highest BCUT2D eigenvalue weighted by atomic mass is 16.6. The van der Waals surface area contributed by atoms with Gasteiger partial charge in [0.15, 0.2) is 0 Å². The van der Waals surface area contributed by atoms with Crippen LogP contribution in [0.15, 0.2) is 6.07 Å². The van der Waals surface area contributed by atoms with Gasteiger partial charge in [0.05, 0.1) is 12.2 Å². The first-order valence-electron chi connectivity index (χ1n) is 10.2. The van der Waals surface area contributed by atoms with Crippen LogP contribution in [-0.4, -0.2) is 49.4 Å². The van der Waals surface area contributed by atoms with E-state index in [4.69, 9.17) is 9.47 Å². The Morgan fingerprint density at radius 3 is 2.74 bits per heavy atom. The second kappa shape index (κ2) is 7.61. The third kappa shape index (κ3) is 4.17. The number of carbonyl (C=O) groups excluding carboxylic acids is 1. The number of ether oxygens (including phenoxy) is 2. The first-order chi connectivity index (χ1) is 12.7. The van der Waals surface area contributed by atoms with Crippen LogP contribution in [0.2, 0.25) is 0 Å².